The molecule has 5 heteroatoms. The zero-order valence-corrected chi connectivity index (χ0v) is 13.2. The molecule has 0 aromatic rings. The molecule has 0 aliphatic carbocycles. The van der Waals surface area contributed by atoms with Crippen molar-refractivity contribution in [1.82, 2.24) is 4.90 Å². The zero-order chi connectivity index (χ0) is 15.2. The van der Waals surface area contributed by atoms with E-state index in [1.54, 1.807) is 0 Å². The summed E-state index contributed by atoms with van der Waals surface area (Å²) in [6.45, 7) is 6.33. The molecule has 0 aliphatic rings. The van der Waals surface area contributed by atoms with E-state index in [9.17, 15) is 9.59 Å². The minimum Gasteiger partial charge on any atom is -0.466 e. The highest BCUT2D eigenvalue weighted by Gasteiger charge is 2.08. The van der Waals surface area contributed by atoms with E-state index in [2.05, 4.69) is 13.8 Å². The Hall–Kier alpha value is -1.10. The molecule has 0 aromatic heterocycles. The summed E-state index contributed by atoms with van der Waals surface area (Å²) >= 11 is 0. The van der Waals surface area contributed by atoms with Crippen LogP contribution < -0.4 is 0 Å². The van der Waals surface area contributed by atoms with Crippen LogP contribution in [0.25, 0.3) is 0 Å². The lowest BCUT2D eigenvalue weighted by Gasteiger charge is -2.15. The Labute approximate surface area is 122 Å². The Bertz CT molecular complexity index is 243. The third-order valence-electron chi connectivity index (χ3n) is 2.92. The smallest absolute Gasteiger partial charge is 0.307 e. The molecule has 0 aromatic carbocycles. The molecule has 0 rings (SSSR count). The summed E-state index contributed by atoms with van der Waals surface area (Å²) < 4.78 is 10.1. The number of ether oxygens (including phenoxy) is 2. The first-order valence-electron chi connectivity index (χ1n) is 7.59. The molecule has 118 valence electrons. The van der Waals surface area contributed by atoms with Gasteiger partial charge in [-0.2, -0.15) is 0 Å². The molecule has 0 bridgehead atoms. The number of carbonyl (C=O) groups excluding carboxylic acids is 2. The number of hydrogen-bond acceptors (Lipinski definition) is 5. The van der Waals surface area contributed by atoms with Crippen LogP contribution in [0, 0.1) is 0 Å². The second kappa shape index (κ2) is 12.9. The highest BCUT2D eigenvalue weighted by molar-refractivity contribution is 5.70. The molecule has 0 radical (unpaired) electrons. The van der Waals surface area contributed by atoms with Gasteiger partial charge in [-0.05, 0) is 19.9 Å². The molecule has 0 amide bonds. The number of esters is 2. The van der Waals surface area contributed by atoms with Crippen molar-refractivity contribution in [3.63, 3.8) is 0 Å². The lowest BCUT2D eigenvalue weighted by molar-refractivity contribution is -0.144. The fourth-order valence-electron chi connectivity index (χ4n) is 1.48. The summed E-state index contributed by atoms with van der Waals surface area (Å²) in [6.07, 6.45) is 4.59. The molecular weight excluding hydrogens is 258 g/mol. The second-order valence-electron chi connectivity index (χ2n) is 4.95. The van der Waals surface area contributed by atoms with E-state index < -0.39 is 0 Å². The first kappa shape index (κ1) is 18.9. The fraction of sp³-hybridized carbons (Fsp3) is 0.867. The van der Waals surface area contributed by atoms with Gasteiger partial charge in [0, 0.05) is 13.1 Å². The molecule has 0 fully saturated rings. The Morgan fingerprint density at radius 1 is 0.850 bits per heavy atom. The summed E-state index contributed by atoms with van der Waals surface area (Å²) in [5.41, 5.74) is 0. The van der Waals surface area contributed by atoms with Crippen molar-refractivity contribution in [3.8, 4) is 0 Å². The van der Waals surface area contributed by atoms with Crippen LogP contribution in [0.15, 0.2) is 0 Å². The van der Waals surface area contributed by atoms with Gasteiger partial charge in [0.15, 0.2) is 0 Å². The maximum absolute atomic E-state index is 11.4. The minimum absolute atomic E-state index is 0.171. The van der Waals surface area contributed by atoms with E-state index in [4.69, 9.17) is 9.47 Å². The standard InChI is InChI=1S/C15H29NO4/c1-4-6-12-19-14(17)8-10-16(3)11-9-15(18)20-13-7-5-2/h4-13H2,1-3H3. The number of hydrogen-bond donors (Lipinski definition) is 0. The third kappa shape index (κ3) is 12.0. The van der Waals surface area contributed by atoms with Crippen molar-refractivity contribution in [2.75, 3.05) is 33.4 Å². The number of nitrogens with zero attached hydrogens (tertiary/aromatic N) is 1. The normalized spacial score (nSPS) is 10.6. The Kier molecular flexibility index (Phi) is 12.2. The number of rotatable bonds is 12. The van der Waals surface area contributed by atoms with E-state index in [1.165, 1.54) is 0 Å². The molecule has 0 spiro atoms. The predicted molar refractivity (Wildman–Crippen MR) is 78.5 cm³/mol. The van der Waals surface area contributed by atoms with Gasteiger partial charge in [-0.15, -0.1) is 0 Å². The average Bonchev–Trinajstić information content (AvgIpc) is 2.43. The molecule has 0 heterocycles. The first-order chi connectivity index (χ1) is 9.60. The van der Waals surface area contributed by atoms with Crippen molar-refractivity contribution in [2.24, 2.45) is 0 Å². The first-order valence-corrected chi connectivity index (χ1v) is 7.59. The van der Waals surface area contributed by atoms with Crippen molar-refractivity contribution in [2.45, 2.75) is 52.4 Å². The van der Waals surface area contributed by atoms with Gasteiger partial charge in [0.05, 0.1) is 26.1 Å². The van der Waals surface area contributed by atoms with Gasteiger partial charge >= 0.3 is 11.9 Å². The van der Waals surface area contributed by atoms with Crippen LogP contribution in [0.3, 0.4) is 0 Å². The fourth-order valence-corrected chi connectivity index (χ4v) is 1.48. The van der Waals surface area contributed by atoms with Crippen molar-refractivity contribution < 1.29 is 19.1 Å². The molecule has 0 saturated carbocycles. The van der Waals surface area contributed by atoms with Crippen LogP contribution in [0.4, 0.5) is 0 Å². The molecule has 0 N–H and O–H groups in total. The summed E-state index contributed by atoms with van der Waals surface area (Å²) in [7, 11) is 1.89. The summed E-state index contributed by atoms with van der Waals surface area (Å²) in [6, 6.07) is 0. The summed E-state index contributed by atoms with van der Waals surface area (Å²) in [5, 5.41) is 0. The third-order valence-corrected chi connectivity index (χ3v) is 2.92. The van der Waals surface area contributed by atoms with E-state index >= 15 is 0 Å². The molecule has 0 saturated heterocycles. The van der Waals surface area contributed by atoms with Crippen LogP contribution in [-0.4, -0.2) is 50.2 Å². The molecule has 0 atom stereocenters. The Balaban J connectivity index is 3.55. The quantitative estimate of drug-likeness (QED) is 0.407. The van der Waals surface area contributed by atoms with E-state index in [0.717, 1.165) is 25.7 Å². The lowest BCUT2D eigenvalue weighted by atomic mass is 10.3. The zero-order valence-electron chi connectivity index (χ0n) is 13.2. The summed E-state index contributed by atoms with van der Waals surface area (Å²) in [4.78, 5) is 24.7. The van der Waals surface area contributed by atoms with Gasteiger partial charge in [0.1, 0.15) is 0 Å². The van der Waals surface area contributed by atoms with Gasteiger partial charge in [-0.1, -0.05) is 26.7 Å². The van der Waals surface area contributed by atoms with E-state index in [0.29, 0.717) is 39.1 Å². The minimum atomic E-state index is -0.171. The van der Waals surface area contributed by atoms with Crippen LogP contribution in [0.5, 0.6) is 0 Å². The Morgan fingerprint density at radius 2 is 1.25 bits per heavy atom. The monoisotopic (exact) mass is 287 g/mol. The van der Waals surface area contributed by atoms with Crippen LogP contribution >= 0.6 is 0 Å². The van der Waals surface area contributed by atoms with Gasteiger partial charge in [-0.3, -0.25) is 9.59 Å². The Morgan fingerprint density at radius 3 is 1.60 bits per heavy atom. The highest BCUT2D eigenvalue weighted by atomic mass is 16.5. The summed E-state index contributed by atoms with van der Waals surface area (Å²) in [5.74, 6) is -0.341. The van der Waals surface area contributed by atoms with Crippen molar-refractivity contribution in [1.29, 1.82) is 0 Å². The topological polar surface area (TPSA) is 55.8 Å². The molecule has 20 heavy (non-hydrogen) atoms. The van der Waals surface area contributed by atoms with Crippen molar-refractivity contribution in [3.05, 3.63) is 0 Å². The van der Waals surface area contributed by atoms with Gasteiger partial charge in [0.2, 0.25) is 0 Å². The van der Waals surface area contributed by atoms with Gasteiger partial charge in [-0.25, -0.2) is 0 Å². The second-order valence-corrected chi connectivity index (χ2v) is 4.95. The molecular formula is C15H29NO4. The molecule has 0 unspecified atom stereocenters. The van der Waals surface area contributed by atoms with Gasteiger partial charge in [0.25, 0.3) is 0 Å². The highest BCUT2D eigenvalue weighted by Crippen LogP contribution is 1.97. The lowest BCUT2D eigenvalue weighted by Crippen LogP contribution is -2.26. The maximum atomic E-state index is 11.4. The van der Waals surface area contributed by atoms with Gasteiger partial charge < -0.3 is 14.4 Å². The van der Waals surface area contributed by atoms with E-state index in [1.807, 2.05) is 11.9 Å². The predicted octanol–water partition coefficient (Wildman–Crippen LogP) is 2.38. The van der Waals surface area contributed by atoms with E-state index in [-0.39, 0.29) is 11.9 Å². The average molecular weight is 287 g/mol. The largest absolute Gasteiger partial charge is 0.466 e. The van der Waals surface area contributed by atoms with Crippen LogP contribution in [-0.2, 0) is 19.1 Å². The number of unbranched alkanes of at least 4 members (excludes halogenated alkanes) is 2. The maximum Gasteiger partial charge on any atom is 0.307 e. The molecule has 0 aliphatic heterocycles. The van der Waals surface area contributed by atoms with Crippen LogP contribution in [0.1, 0.15) is 52.4 Å². The van der Waals surface area contributed by atoms with Crippen LogP contribution in [0.2, 0.25) is 0 Å². The van der Waals surface area contributed by atoms with Crippen molar-refractivity contribution >= 4 is 11.9 Å². The number of carbonyl (C=O) groups is 2. The SMILES string of the molecule is CCCCOC(=O)CCN(C)CCC(=O)OCCCC. The molecule has 5 nitrogen and oxygen atoms in total.